The van der Waals surface area contributed by atoms with Crippen molar-refractivity contribution in [3.05, 3.63) is 39.1 Å². The topological polar surface area (TPSA) is 42.7 Å². The molecule has 114 valence electrons. The van der Waals surface area contributed by atoms with Crippen molar-refractivity contribution in [1.29, 1.82) is 0 Å². The van der Waals surface area contributed by atoms with Crippen LogP contribution in [0.2, 0.25) is 0 Å². The first-order valence-electron chi connectivity index (χ1n) is 7.38. The van der Waals surface area contributed by atoms with Gasteiger partial charge in [-0.2, -0.15) is 0 Å². The van der Waals surface area contributed by atoms with E-state index in [1.54, 1.807) is 0 Å². The van der Waals surface area contributed by atoms with Crippen molar-refractivity contribution in [2.24, 2.45) is 0 Å². The van der Waals surface area contributed by atoms with Crippen molar-refractivity contribution in [2.75, 3.05) is 6.54 Å². The number of aryl methyl sites for hydroxylation is 2. The summed E-state index contributed by atoms with van der Waals surface area (Å²) in [7, 11) is 0. The molecule has 1 aromatic heterocycles. The van der Waals surface area contributed by atoms with E-state index in [0.29, 0.717) is 0 Å². The van der Waals surface area contributed by atoms with Crippen LogP contribution in [-0.2, 0) is 0 Å². The van der Waals surface area contributed by atoms with Crippen molar-refractivity contribution in [3.8, 4) is 5.69 Å². The summed E-state index contributed by atoms with van der Waals surface area (Å²) in [6, 6.07) is 4.48. The molecule has 0 saturated carbocycles. The number of nitrogens with one attached hydrogen (secondary N) is 1. The molecule has 0 amide bonds. The molecule has 0 saturated heterocycles. The minimum atomic E-state index is 0.219. The van der Waals surface area contributed by atoms with E-state index in [1.807, 2.05) is 4.68 Å². The number of nitrogens with zero attached hydrogens (tertiary/aromatic N) is 3. The standard InChI is InChI=1S/C16H23BrN4/c1-6-7-18-12(4)16-13(5)21(20-19-16)14-8-10(2)15(17)11(3)9-14/h8-9,12,18H,6-7H2,1-5H3. The van der Waals surface area contributed by atoms with Gasteiger partial charge in [0, 0.05) is 4.47 Å². The molecule has 5 heteroatoms. The third-order valence-corrected chi connectivity index (χ3v) is 4.96. The zero-order valence-corrected chi connectivity index (χ0v) is 15.0. The Kier molecular flexibility index (Phi) is 5.17. The van der Waals surface area contributed by atoms with Gasteiger partial charge in [0.05, 0.1) is 17.4 Å². The van der Waals surface area contributed by atoms with Crippen LogP contribution in [0.25, 0.3) is 5.69 Å². The minimum absolute atomic E-state index is 0.219. The zero-order chi connectivity index (χ0) is 15.6. The number of halogens is 1. The van der Waals surface area contributed by atoms with E-state index in [9.17, 15) is 0 Å². The fraction of sp³-hybridized carbons (Fsp3) is 0.500. The van der Waals surface area contributed by atoms with Crippen LogP contribution in [0.4, 0.5) is 0 Å². The third-order valence-electron chi connectivity index (χ3n) is 3.71. The van der Waals surface area contributed by atoms with E-state index in [0.717, 1.165) is 34.5 Å². The Hall–Kier alpha value is -1.20. The van der Waals surface area contributed by atoms with Gasteiger partial charge < -0.3 is 5.32 Å². The second kappa shape index (κ2) is 6.71. The zero-order valence-electron chi connectivity index (χ0n) is 13.4. The number of hydrogen-bond donors (Lipinski definition) is 1. The van der Waals surface area contributed by atoms with Crippen molar-refractivity contribution >= 4 is 15.9 Å². The summed E-state index contributed by atoms with van der Waals surface area (Å²) in [5.74, 6) is 0. The molecule has 1 atom stereocenters. The summed E-state index contributed by atoms with van der Waals surface area (Å²) in [6.07, 6.45) is 1.11. The van der Waals surface area contributed by atoms with Crippen LogP contribution in [0.5, 0.6) is 0 Å². The smallest absolute Gasteiger partial charge is 0.103 e. The SMILES string of the molecule is CCCNC(C)c1nnn(-c2cc(C)c(Br)c(C)c2)c1C. The molecule has 1 aromatic carbocycles. The molecule has 2 rings (SSSR count). The molecule has 4 nitrogen and oxygen atoms in total. The second-order valence-corrected chi connectivity index (χ2v) is 6.33. The predicted octanol–water partition coefficient (Wildman–Crippen LogP) is 4.02. The molecule has 0 aliphatic heterocycles. The van der Waals surface area contributed by atoms with E-state index in [1.165, 1.54) is 11.1 Å². The van der Waals surface area contributed by atoms with Gasteiger partial charge in [0.2, 0.25) is 0 Å². The Morgan fingerprint density at radius 2 is 1.86 bits per heavy atom. The lowest BCUT2D eigenvalue weighted by atomic mass is 10.1. The molecule has 1 unspecified atom stereocenters. The highest BCUT2D eigenvalue weighted by atomic mass is 79.9. The first-order valence-corrected chi connectivity index (χ1v) is 8.17. The first-order chi connectivity index (χ1) is 9.95. The van der Waals surface area contributed by atoms with Gasteiger partial charge in [-0.05, 0) is 63.9 Å². The van der Waals surface area contributed by atoms with Crippen LogP contribution in [0.15, 0.2) is 16.6 Å². The van der Waals surface area contributed by atoms with E-state index in [2.05, 4.69) is 78.3 Å². The van der Waals surface area contributed by atoms with Crippen molar-refractivity contribution in [2.45, 2.75) is 47.1 Å². The van der Waals surface area contributed by atoms with E-state index >= 15 is 0 Å². The van der Waals surface area contributed by atoms with Crippen LogP contribution >= 0.6 is 15.9 Å². The fourth-order valence-corrected chi connectivity index (χ4v) is 2.72. The van der Waals surface area contributed by atoms with Crippen molar-refractivity contribution in [1.82, 2.24) is 20.3 Å². The van der Waals surface area contributed by atoms with E-state index in [-0.39, 0.29) is 6.04 Å². The van der Waals surface area contributed by atoms with E-state index in [4.69, 9.17) is 0 Å². The summed E-state index contributed by atoms with van der Waals surface area (Å²) >= 11 is 3.61. The molecule has 2 aromatic rings. The number of benzene rings is 1. The van der Waals surface area contributed by atoms with Crippen molar-refractivity contribution < 1.29 is 0 Å². The first kappa shape index (κ1) is 16.2. The number of rotatable bonds is 5. The Bertz CT molecular complexity index is 610. The Labute approximate surface area is 135 Å². The van der Waals surface area contributed by atoms with Gasteiger partial charge >= 0.3 is 0 Å². The molecule has 0 aliphatic rings. The average molecular weight is 351 g/mol. The van der Waals surface area contributed by atoms with E-state index < -0.39 is 0 Å². The van der Waals surface area contributed by atoms with Gasteiger partial charge in [-0.3, -0.25) is 0 Å². The fourth-order valence-electron chi connectivity index (χ4n) is 2.49. The molecule has 21 heavy (non-hydrogen) atoms. The highest BCUT2D eigenvalue weighted by Gasteiger charge is 2.16. The second-order valence-electron chi connectivity index (χ2n) is 5.54. The number of hydrogen-bond acceptors (Lipinski definition) is 3. The molecule has 0 bridgehead atoms. The lowest BCUT2D eigenvalue weighted by Crippen LogP contribution is -2.20. The van der Waals surface area contributed by atoms with Crippen LogP contribution < -0.4 is 5.32 Å². The normalized spacial score (nSPS) is 12.7. The van der Waals surface area contributed by atoms with Gasteiger partial charge in [0.15, 0.2) is 0 Å². The Morgan fingerprint density at radius 1 is 1.24 bits per heavy atom. The molecule has 1 heterocycles. The molecular weight excluding hydrogens is 328 g/mol. The lowest BCUT2D eigenvalue weighted by molar-refractivity contribution is 0.555. The maximum absolute atomic E-state index is 4.37. The largest absolute Gasteiger partial charge is 0.309 e. The van der Waals surface area contributed by atoms with Gasteiger partial charge in [0.1, 0.15) is 5.69 Å². The van der Waals surface area contributed by atoms with Gasteiger partial charge in [-0.1, -0.05) is 28.1 Å². The van der Waals surface area contributed by atoms with Crippen LogP contribution in [0, 0.1) is 20.8 Å². The minimum Gasteiger partial charge on any atom is -0.309 e. The Morgan fingerprint density at radius 3 is 2.43 bits per heavy atom. The molecular formula is C16H23BrN4. The van der Waals surface area contributed by atoms with Crippen LogP contribution in [0.1, 0.15) is 48.8 Å². The van der Waals surface area contributed by atoms with Crippen LogP contribution in [-0.4, -0.2) is 21.5 Å². The molecule has 0 radical (unpaired) electrons. The molecule has 0 fully saturated rings. The van der Waals surface area contributed by atoms with Crippen LogP contribution in [0.3, 0.4) is 0 Å². The summed E-state index contributed by atoms with van der Waals surface area (Å²) in [6.45, 7) is 11.6. The predicted molar refractivity (Wildman–Crippen MR) is 90.0 cm³/mol. The van der Waals surface area contributed by atoms with Gasteiger partial charge in [-0.25, -0.2) is 4.68 Å². The quantitative estimate of drug-likeness (QED) is 0.885. The maximum Gasteiger partial charge on any atom is 0.103 e. The van der Waals surface area contributed by atoms with Crippen molar-refractivity contribution in [3.63, 3.8) is 0 Å². The monoisotopic (exact) mass is 350 g/mol. The highest BCUT2D eigenvalue weighted by Crippen LogP contribution is 2.25. The van der Waals surface area contributed by atoms with Gasteiger partial charge in [0.25, 0.3) is 0 Å². The maximum atomic E-state index is 4.37. The lowest BCUT2D eigenvalue weighted by Gasteiger charge is -2.12. The molecule has 1 N–H and O–H groups in total. The summed E-state index contributed by atoms with van der Waals surface area (Å²) < 4.78 is 3.08. The number of aromatic nitrogens is 3. The molecule has 0 spiro atoms. The summed E-state index contributed by atoms with van der Waals surface area (Å²) in [5.41, 5.74) is 5.58. The third kappa shape index (κ3) is 3.35. The average Bonchev–Trinajstić information content (AvgIpc) is 2.83. The van der Waals surface area contributed by atoms with Gasteiger partial charge in [-0.15, -0.1) is 5.10 Å². The summed E-state index contributed by atoms with van der Waals surface area (Å²) in [4.78, 5) is 0. The molecule has 0 aliphatic carbocycles. The Balaban J connectivity index is 2.36. The summed E-state index contributed by atoms with van der Waals surface area (Å²) in [5, 5.41) is 12.2. The highest BCUT2D eigenvalue weighted by molar-refractivity contribution is 9.10.